The molecule has 0 fully saturated rings. The van der Waals surface area contributed by atoms with E-state index in [0.29, 0.717) is 11.4 Å². The minimum atomic E-state index is -1.21. The topological polar surface area (TPSA) is 82.2 Å². The molecule has 1 aliphatic rings. The molecule has 0 aliphatic carbocycles. The number of rotatable bonds is 4. The highest BCUT2D eigenvalue weighted by Crippen LogP contribution is 2.54. The van der Waals surface area contributed by atoms with Gasteiger partial charge >= 0.3 is 5.97 Å². The zero-order chi connectivity index (χ0) is 18.0. The fraction of sp³-hybridized carbons (Fsp3) is 0.118. The Hall–Kier alpha value is -1.90. The maximum atomic E-state index is 11.0. The summed E-state index contributed by atoms with van der Waals surface area (Å²) in [5.74, 6) is -1.51. The van der Waals surface area contributed by atoms with Crippen molar-refractivity contribution in [3.8, 4) is 5.75 Å². The minimum Gasteiger partial charge on any atom is -0.507 e. The molecule has 2 aromatic carbocycles. The molecule has 3 rings (SSSR count). The number of carbonyl (C=O) groups is 1. The van der Waals surface area contributed by atoms with E-state index in [9.17, 15) is 9.90 Å². The van der Waals surface area contributed by atoms with Crippen molar-refractivity contribution in [2.75, 3.05) is 0 Å². The lowest BCUT2D eigenvalue weighted by atomic mass is 10.2. The van der Waals surface area contributed by atoms with Crippen LogP contribution >= 0.6 is 34.2 Å². The Morgan fingerprint density at radius 1 is 1.12 bits per heavy atom. The highest BCUT2D eigenvalue weighted by atomic mass is 33.1. The second-order valence-corrected chi connectivity index (χ2v) is 9.34. The van der Waals surface area contributed by atoms with E-state index in [-0.39, 0.29) is 15.4 Å². The van der Waals surface area contributed by atoms with Gasteiger partial charge < -0.3 is 10.2 Å². The Labute approximate surface area is 158 Å². The van der Waals surface area contributed by atoms with Gasteiger partial charge in [-0.05, 0) is 48.9 Å². The number of carboxylic acid groups (broad SMARTS) is 1. The van der Waals surface area contributed by atoms with Gasteiger partial charge in [-0.2, -0.15) is 22.9 Å². The van der Waals surface area contributed by atoms with Crippen LogP contribution < -0.4 is 0 Å². The van der Waals surface area contributed by atoms with E-state index in [4.69, 9.17) is 5.11 Å². The molecule has 128 valence electrons. The van der Waals surface area contributed by atoms with E-state index in [1.165, 1.54) is 18.2 Å². The summed E-state index contributed by atoms with van der Waals surface area (Å²) in [6.07, 6.45) is 2.12. The van der Waals surface area contributed by atoms with Crippen LogP contribution in [0.4, 0.5) is 11.4 Å². The van der Waals surface area contributed by atoms with Gasteiger partial charge in [0.25, 0.3) is 0 Å². The van der Waals surface area contributed by atoms with Crippen molar-refractivity contribution in [1.29, 1.82) is 0 Å². The van der Waals surface area contributed by atoms with Crippen molar-refractivity contribution in [3.05, 3.63) is 59.7 Å². The maximum absolute atomic E-state index is 11.0. The molecule has 1 aliphatic heterocycles. The van der Waals surface area contributed by atoms with E-state index < -0.39 is 5.97 Å². The first-order valence-corrected chi connectivity index (χ1v) is 9.83. The number of nitrogens with zero attached hydrogens (tertiary/aromatic N) is 2. The van der Waals surface area contributed by atoms with Crippen LogP contribution in [0.5, 0.6) is 5.75 Å². The lowest BCUT2D eigenvalue weighted by Crippen LogP contribution is -1.99. The van der Waals surface area contributed by atoms with Crippen molar-refractivity contribution < 1.29 is 15.0 Å². The van der Waals surface area contributed by atoms with E-state index in [1.54, 1.807) is 21.6 Å². The third-order valence-electron chi connectivity index (χ3n) is 3.34. The Kier molecular flexibility index (Phi) is 5.12. The van der Waals surface area contributed by atoms with E-state index >= 15 is 0 Å². The summed E-state index contributed by atoms with van der Waals surface area (Å²) in [6.45, 7) is 2.05. The van der Waals surface area contributed by atoms with Crippen molar-refractivity contribution in [3.63, 3.8) is 0 Å². The third kappa shape index (κ3) is 4.39. The lowest BCUT2D eigenvalue weighted by molar-refractivity contribution is 0.0694. The summed E-state index contributed by atoms with van der Waals surface area (Å²) in [4.78, 5) is 12.2. The molecule has 1 heterocycles. The van der Waals surface area contributed by atoms with Crippen LogP contribution in [0.25, 0.3) is 4.91 Å². The first-order chi connectivity index (χ1) is 11.8. The van der Waals surface area contributed by atoms with Crippen molar-refractivity contribution in [2.24, 2.45) is 10.2 Å². The first kappa shape index (κ1) is 17.9. The molecule has 8 heteroatoms. The first-order valence-electron chi connectivity index (χ1n) is 7.23. The number of hydrogen-bond acceptors (Lipinski definition) is 7. The number of benzene rings is 2. The third-order valence-corrected chi connectivity index (χ3v) is 7.01. The molecule has 5 nitrogen and oxygen atoms in total. The Morgan fingerprint density at radius 3 is 2.36 bits per heavy atom. The van der Waals surface area contributed by atoms with Crippen LogP contribution in [0.1, 0.15) is 22.8 Å². The van der Waals surface area contributed by atoms with E-state index in [1.807, 2.05) is 31.2 Å². The van der Waals surface area contributed by atoms with Crippen LogP contribution in [-0.2, 0) is 0 Å². The number of azo groups is 1. The Morgan fingerprint density at radius 2 is 1.76 bits per heavy atom. The summed E-state index contributed by atoms with van der Waals surface area (Å²) >= 11 is 4.56. The van der Waals surface area contributed by atoms with Crippen molar-refractivity contribution in [2.45, 2.75) is 11.0 Å². The lowest BCUT2D eigenvalue weighted by Gasteiger charge is -2.08. The molecule has 0 saturated heterocycles. The zero-order valence-corrected chi connectivity index (χ0v) is 15.6. The quantitative estimate of drug-likeness (QED) is 0.344. The predicted octanol–water partition coefficient (Wildman–Crippen LogP) is 5.89. The SMILES string of the molecule is CC1(S)C=C(c2ccc(N=Nc3ccc(O)c(C(=O)O)c3)cc2)SS1. The highest BCUT2D eigenvalue weighted by Gasteiger charge is 2.26. The Bertz CT molecular complexity index is 877. The number of thiol groups is 1. The van der Waals surface area contributed by atoms with Gasteiger partial charge in [-0.15, -0.1) is 0 Å². The second-order valence-electron chi connectivity index (χ2n) is 5.48. The van der Waals surface area contributed by atoms with Crippen LogP contribution in [0, 0.1) is 0 Å². The molecule has 0 radical (unpaired) electrons. The standard InChI is InChI=1S/C17H14N2O3S3/c1-17(23)9-15(24-25-17)10-2-4-11(5-3-10)18-19-12-6-7-14(20)13(8-12)16(21)22/h2-9,20,23H,1H3,(H,21,22). The highest BCUT2D eigenvalue weighted by molar-refractivity contribution is 8.82. The predicted molar refractivity (Wildman–Crippen MR) is 106 cm³/mol. The number of aromatic carboxylic acids is 1. The van der Waals surface area contributed by atoms with Gasteiger partial charge in [0.15, 0.2) is 0 Å². The molecular weight excluding hydrogens is 376 g/mol. The van der Waals surface area contributed by atoms with Crippen molar-refractivity contribution in [1.82, 2.24) is 0 Å². The van der Waals surface area contributed by atoms with Crippen LogP contribution in [0.3, 0.4) is 0 Å². The van der Waals surface area contributed by atoms with Gasteiger partial charge in [0.1, 0.15) is 11.3 Å². The fourth-order valence-corrected chi connectivity index (χ4v) is 5.04. The normalized spacial score (nSPS) is 20.0. The average Bonchev–Trinajstić information content (AvgIpc) is 2.94. The molecule has 0 aromatic heterocycles. The molecule has 0 saturated carbocycles. The summed E-state index contributed by atoms with van der Waals surface area (Å²) in [6, 6.07) is 11.7. The molecule has 2 N–H and O–H groups in total. The molecule has 0 amide bonds. The smallest absolute Gasteiger partial charge is 0.339 e. The summed E-state index contributed by atoms with van der Waals surface area (Å²) in [5, 5.41) is 26.6. The molecule has 0 bridgehead atoms. The zero-order valence-electron chi connectivity index (χ0n) is 13.1. The van der Waals surface area contributed by atoms with Gasteiger partial charge in [-0.1, -0.05) is 33.7 Å². The molecular formula is C17H14N2O3S3. The van der Waals surface area contributed by atoms with Gasteiger partial charge in [0.05, 0.1) is 15.5 Å². The van der Waals surface area contributed by atoms with Gasteiger partial charge in [-0.3, -0.25) is 0 Å². The molecule has 0 spiro atoms. The summed E-state index contributed by atoms with van der Waals surface area (Å²) in [7, 11) is 3.39. The van der Waals surface area contributed by atoms with Gasteiger partial charge in [-0.25, -0.2) is 4.79 Å². The monoisotopic (exact) mass is 390 g/mol. The average molecular weight is 391 g/mol. The molecule has 2 aromatic rings. The van der Waals surface area contributed by atoms with Crippen LogP contribution in [0.2, 0.25) is 0 Å². The van der Waals surface area contributed by atoms with Crippen LogP contribution in [0.15, 0.2) is 58.8 Å². The van der Waals surface area contributed by atoms with Gasteiger partial charge in [0.2, 0.25) is 0 Å². The second kappa shape index (κ2) is 7.15. The molecule has 1 atom stereocenters. The number of hydrogen-bond donors (Lipinski definition) is 3. The van der Waals surface area contributed by atoms with Gasteiger partial charge in [0, 0.05) is 4.91 Å². The molecule has 25 heavy (non-hydrogen) atoms. The number of aromatic hydroxyl groups is 1. The number of phenols is 1. The summed E-state index contributed by atoms with van der Waals surface area (Å²) in [5.41, 5.74) is 1.89. The Balaban J connectivity index is 1.77. The largest absolute Gasteiger partial charge is 0.507 e. The van der Waals surface area contributed by atoms with E-state index in [0.717, 1.165) is 10.5 Å². The number of carboxylic acids is 1. The minimum absolute atomic E-state index is 0.168. The van der Waals surface area contributed by atoms with Crippen LogP contribution in [-0.4, -0.2) is 20.3 Å². The fourth-order valence-electron chi connectivity index (χ4n) is 2.12. The maximum Gasteiger partial charge on any atom is 0.339 e. The molecule has 1 unspecified atom stereocenters. The van der Waals surface area contributed by atoms with Crippen molar-refractivity contribution >= 4 is 56.5 Å². The summed E-state index contributed by atoms with van der Waals surface area (Å²) < 4.78 is -0.168. The van der Waals surface area contributed by atoms with E-state index in [2.05, 4.69) is 28.9 Å².